The molecule has 0 spiro atoms. The van der Waals surface area contributed by atoms with E-state index in [0.717, 1.165) is 34.3 Å². The topological polar surface area (TPSA) is 0 Å². The zero-order valence-electron chi connectivity index (χ0n) is 12.9. The van der Waals surface area contributed by atoms with Gasteiger partial charge in [-0.05, 0) is 98.3 Å². The number of halogens is 2. The lowest BCUT2D eigenvalue weighted by atomic mass is 9.51. The fraction of sp³-hybridized carbons (Fsp3) is 0.684. The van der Waals surface area contributed by atoms with Crippen LogP contribution in [0.4, 0.5) is 0 Å². The van der Waals surface area contributed by atoms with Crippen molar-refractivity contribution in [1.29, 1.82) is 0 Å². The molecule has 2 heteroatoms. The Labute approximate surface area is 138 Å². The van der Waals surface area contributed by atoms with Crippen molar-refractivity contribution in [2.24, 2.45) is 29.6 Å². The third kappa shape index (κ3) is 2.34. The minimum atomic E-state index is 0.177. The number of benzene rings is 1. The highest BCUT2D eigenvalue weighted by Gasteiger charge is 2.50. The van der Waals surface area contributed by atoms with E-state index in [1.807, 2.05) is 0 Å². The molecule has 0 nitrogen and oxygen atoms in total. The second-order valence-corrected chi connectivity index (χ2v) is 8.75. The molecule has 1 atom stereocenters. The maximum Gasteiger partial charge on any atom is 0.0621 e. The third-order valence-electron chi connectivity index (χ3n) is 6.48. The summed E-state index contributed by atoms with van der Waals surface area (Å²) in [6.07, 6.45) is 7.25. The standard InChI is InChI=1S/C19H24Cl2/c1-10-4-17(20)11(2)3-16(10)19(21)18-14-6-12-5-13(8-14)9-15(18)7-12/h3-4,12-15,18-19H,5-9H2,1-2H3. The summed E-state index contributed by atoms with van der Waals surface area (Å²) < 4.78 is 0. The van der Waals surface area contributed by atoms with E-state index in [-0.39, 0.29) is 5.38 Å². The molecule has 0 heterocycles. The molecule has 1 aromatic rings. The lowest BCUT2D eigenvalue weighted by molar-refractivity contribution is -0.0381. The molecule has 5 rings (SSSR count). The highest BCUT2D eigenvalue weighted by molar-refractivity contribution is 6.31. The minimum absolute atomic E-state index is 0.177. The summed E-state index contributed by atoms with van der Waals surface area (Å²) in [4.78, 5) is 0. The van der Waals surface area contributed by atoms with E-state index in [1.165, 1.54) is 43.2 Å². The summed E-state index contributed by atoms with van der Waals surface area (Å²) in [7, 11) is 0. The van der Waals surface area contributed by atoms with E-state index >= 15 is 0 Å². The minimum Gasteiger partial charge on any atom is -0.117 e. The number of hydrogen-bond acceptors (Lipinski definition) is 0. The molecule has 0 aliphatic heterocycles. The van der Waals surface area contributed by atoms with Gasteiger partial charge < -0.3 is 0 Å². The second kappa shape index (κ2) is 5.17. The Balaban J connectivity index is 1.66. The van der Waals surface area contributed by atoms with Crippen LogP contribution >= 0.6 is 23.2 Å². The Morgan fingerprint density at radius 1 is 0.905 bits per heavy atom. The van der Waals surface area contributed by atoms with Crippen molar-refractivity contribution in [3.63, 3.8) is 0 Å². The SMILES string of the molecule is Cc1cc(C(Cl)C2C3CC4CC(C3)CC2C4)c(C)cc1Cl. The molecule has 4 aliphatic rings. The van der Waals surface area contributed by atoms with Gasteiger partial charge in [0.25, 0.3) is 0 Å². The van der Waals surface area contributed by atoms with Gasteiger partial charge in [-0.25, -0.2) is 0 Å². The van der Waals surface area contributed by atoms with Crippen LogP contribution in [0.15, 0.2) is 12.1 Å². The lowest BCUT2D eigenvalue weighted by Crippen LogP contribution is -2.46. The summed E-state index contributed by atoms with van der Waals surface area (Å²) >= 11 is 13.3. The maximum atomic E-state index is 7.04. The van der Waals surface area contributed by atoms with E-state index in [9.17, 15) is 0 Å². The summed E-state index contributed by atoms with van der Waals surface area (Å²) in [5.41, 5.74) is 3.75. The monoisotopic (exact) mass is 322 g/mol. The fourth-order valence-corrected chi connectivity index (χ4v) is 6.62. The molecule has 0 saturated heterocycles. The number of alkyl halides is 1. The van der Waals surface area contributed by atoms with Crippen molar-refractivity contribution in [1.82, 2.24) is 0 Å². The average molecular weight is 323 g/mol. The molecule has 4 bridgehead atoms. The predicted octanol–water partition coefficient (Wildman–Crippen LogP) is 6.31. The van der Waals surface area contributed by atoms with Crippen molar-refractivity contribution in [3.8, 4) is 0 Å². The van der Waals surface area contributed by atoms with E-state index in [4.69, 9.17) is 23.2 Å². The Kier molecular flexibility index (Phi) is 3.54. The molecule has 4 saturated carbocycles. The molecule has 1 unspecified atom stereocenters. The van der Waals surface area contributed by atoms with Gasteiger partial charge in [-0.3, -0.25) is 0 Å². The first-order valence-electron chi connectivity index (χ1n) is 8.43. The van der Waals surface area contributed by atoms with Gasteiger partial charge in [0.1, 0.15) is 0 Å². The van der Waals surface area contributed by atoms with Crippen molar-refractivity contribution in [3.05, 3.63) is 33.8 Å². The van der Waals surface area contributed by atoms with Crippen LogP contribution in [0.25, 0.3) is 0 Å². The fourth-order valence-electron chi connectivity index (χ4n) is 5.75. The van der Waals surface area contributed by atoms with E-state index in [2.05, 4.69) is 26.0 Å². The summed E-state index contributed by atoms with van der Waals surface area (Å²) in [6, 6.07) is 4.33. The normalized spacial score (nSPS) is 38.8. The lowest BCUT2D eigenvalue weighted by Gasteiger charge is -2.55. The van der Waals surface area contributed by atoms with Crippen molar-refractivity contribution in [2.75, 3.05) is 0 Å². The van der Waals surface area contributed by atoms with Crippen LogP contribution in [0.1, 0.15) is 54.2 Å². The summed E-state index contributed by atoms with van der Waals surface area (Å²) in [5.74, 6) is 4.47. The molecule has 4 fully saturated rings. The molecule has 1 aromatic carbocycles. The van der Waals surface area contributed by atoms with E-state index < -0.39 is 0 Å². The van der Waals surface area contributed by atoms with E-state index in [0.29, 0.717) is 5.92 Å². The third-order valence-corrected chi connectivity index (χ3v) is 7.42. The van der Waals surface area contributed by atoms with Crippen molar-refractivity contribution in [2.45, 2.75) is 51.3 Å². The van der Waals surface area contributed by atoms with Gasteiger partial charge in [-0.2, -0.15) is 0 Å². The predicted molar refractivity (Wildman–Crippen MR) is 90.1 cm³/mol. The van der Waals surface area contributed by atoms with Gasteiger partial charge in [0.15, 0.2) is 0 Å². The average Bonchev–Trinajstić information content (AvgIpc) is 2.41. The molecule has 0 aromatic heterocycles. The van der Waals surface area contributed by atoms with Gasteiger partial charge in [0.2, 0.25) is 0 Å². The van der Waals surface area contributed by atoms with Crippen LogP contribution in [-0.4, -0.2) is 0 Å². The van der Waals surface area contributed by atoms with Crippen LogP contribution < -0.4 is 0 Å². The number of hydrogen-bond donors (Lipinski definition) is 0. The number of rotatable bonds is 2. The van der Waals surface area contributed by atoms with E-state index in [1.54, 1.807) is 0 Å². The van der Waals surface area contributed by atoms with Crippen molar-refractivity contribution < 1.29 is 0 Å². The van der Waals surface area contributed by atoms with Gasteiger partial charge in [-0.15, -0.1) is 11.6 Å². The van der Waals surface area contributed by atoms with Crippen LogP contribution in [0.3, 0.4) is 0 Å². The second-order valence-electron chi connectivity index (χ2n) is 7.87. The molecule has 0 radical (unpaired) electrons. The van der Waals surface area contributed by atoms with Gasteiger partial charge in [0, 0.05) is 5.02 Å². The Morgan fingerprint density at radius 2 is 1.48 bits per heavy atom. The highest BCUT2D eigenvalue weighted by atomic mass is 35.5. The molecule has 21 heavy (non-hydrogen) atoms. The van der Waals surface area contributed by atoms with Crippen LogP contribution in [0, 0.1) is 43.4 Å². The smallest absolute Gasteiger partial charge is 0.0621 e. The summed E-state index contributed by atoms with van der Waals surface area (Å²) in [6.45, 7) is 4.25. The quantitative estimate of drug-likeness (QED) is 0.560. The van der Waals surface area contributed by atoms with Crippen LogP contribution in [-0.2, 0) is 0 Å². The maximum absolute atomic E-state index is 7.04. The highest BCUT2D eigenvalue weighted by Crippen LogP contribution is 2.60. The van der Waals surface area contributed by atoms with Gasteiger partial charge >= 0.3 is 0 Å². The zero-order chi connectivity index (χ0) is 14.7. The molecule has 114 valence electrons. The van der Waals surface area contributed by atoms with Crippen LogP contribution in [0.5, 0.6) is 0 Å². The molecule has 0 amide bonds. The first-order chi connectivity index (χ1) is 10.0. The molecular weight excluding hydrogens is 299 g/mol. The first-order valence-corrected chi connectivity index (χ1v) is 9.25. The first kappa shape index (κ1) is 14.4. The summed E-state index contributed by atoms with van der Waals surface area (Å²) in [5, 5.41) is 1.04. The molecule has 0 N–H and O–H groups in total. The molecular formula is C19H24Cl2. The zero-order valence-corrected chi connectivity index (χ0v) is 14.4. The van der Waals surface area contributed by atoms with Crippen molar-refractivity contribution >= 4 is 23.2 Å². The van der Waals surface area contributed by atoms with Gasteiger partial charge in [0.05, 0.1) is 5.38 Å². The molecule has 4 aliphatic carbocycles. The van der Waals surface area contributed by atoms with Crippen LogP contribution in [0.2, 0.25) is 5.02 Å². The Hall–Kier alpha value is -0.200. The Bertz CT molecular complexity index is 535. The Morgan fingerprint density at radius 3 is 2.05 bits per heavy atom. The van der Waals surface area contributed by atoms with Gasteiger partial charge in [-0.1, -0.05) is 17.7 Å². The number of aryl methyl sites for hydroxylation is 2. The largest absolute Gasteiger partial charge is 0.117 e.